The van der Waals surface area contributed by atoms with Gasteiger partial charge >= 0.3 is 0 Å². The van der Waals surface area contributed by atoms with Crippen LogP contribution in [-0.4, -0.2) is 50.7 Å². The highest BCUT2D eigenvalue weighted by Crippen LogP contribution is 2.23. The smallest absolute Gasteiger partial charge is 0.160 e. The van der Waals surface area contributed by atoms with Crippen molar-refractivity contribution >= 4 is 22.8 Å². The zero-order valence-corrected chi connectivity index (χ0v) is 16.8. The molecule has 1 saturated heterocycles. The highest BCUT2D eigenvalue weighted by atomic mass is 32.1. The molecule has 6 nitrogen and oxygen atoms in total. The van der Waals surface area contributed by atoms with E-state index in [0.717, 1.165) is 61.2 Å². The Balaban J connectivity index is 1.54. The van der Waals surface area contributed by atoms with Gasteiger partial charge in [-0.25, -0.2) is 9.97 Å². The van der Waals surface area contributed by atoms with E-state index in [2.05, 4.69) is 53.9 Å². The van der Waals surface area contributed by atoms with E-state index in [0.29, 0.717) is 0 Å². The van der Waals surface area contributed by atoms with Crippen LogP contribution >= 0.6 is 11.3 Å². The van der Waals surface area contributed by atoms with Gasteiger partial charge in [0.15, 0.2) is 5.65 Å². The van der Waals surface area contributed by atoms with Crippen molar-refractivity contribution in [2.45, 2.75) is 40.7 Å². The first-order chi connectivity index (χ1) is 12.5. The molecule has 138 valence electrons. The molecule has 1 fully saturated rings. The number of hydrogen-bond acceptors (Lipinski definition) is 6. The average Bonchev–Trinajstić information content (AvgIpc) is 3.18. The van der Waals surface area contributed by atoms with Crippen LogP contribution in [0, 0.1) is 20.8 Å². The summed E-state index contributed by atoms with van der Waals surface area (Å²) < 4.78 is 2.03. The second-order valence-electron chi connectivity index (χ2n) is 7.03. The van der Waals surface area contributed by atoms with Gasteiger partial charge in [0.05, 0.1) is 16.4 Å². The minimum Gasteiger partial charge on any atom is -0.354 e. The van der Waals surface area contributed by atoms with Gasteiger partial charge in [0.2, 0.25) is 0 Å². The molecule has 0 atom stereocenters. The van der Waals surface area contributed by atoms with Crippen molar-refractivity contribution in [3.8, 4) is 0 Å². The van der Waals surface area contributed by atoms with Crippen molar-refractivity contribution in [2.24, 2.45) is 0 Å². The lowest BCUT2D eigenvalue weighted by Crippen LogP contribution is -2.46. The van der Waals surface area contributed by atoms with E-state index in [1.165, 1.54) is 17.1 Å². The van der Waals surface area contributed by atoms with Gasteiger partial charge in [0, 0.05) is 55.4 Å². The first-order valence-electron chi connectivity index (χ1n) is 9.29. The summed E-state index contributed by atoms with van der Waals surface area (Å²) in [6, 6.07) is 2.21. The summed E-state index contributed by atoms with van der Waals surface area (Å²) in [5.41, 5.74) is 5.57. The van der Waals surface area contributed by atoms with E-state index in [-0.39, 0.29) is 0 Å². The van der Waals surface area contributed by atoms with Crippen LogP contribution in [0.5, 0.6) is 0 Å². The number of fused-ring (bicyclic) bond motifs is 1. The standard InChI is InChI=1S/C19H26N6S/c1-5-16-10-18(25-19(21-16)13(2)14(3)22-25)24-8-6-23(7-9-24)11-17-12-26-15(4)20-17/h10,12H,5-9,11H2,1-4H3. The van der Waals surface area contributed by atoms with Crippen molar-refractivity contribution in [3.63, 3.8) is 0 Å². The summed E-state index contributed by atoms with van der Waals surface area (Å²) in [6.45, 7) is 13.4. The van der Waals surface area contributed by atoms with Gasteiger partial charge in [0.25, 0.3) is 0 Å². The van der Waals surface area contributed by atoms with Gasteiger partial charge in [-0.2, -0.15) is 9.61 Å². The SMILES string of the molecule is CCc1cc(N2CCN(Cc3csc(C)n3)CC2)n2nc(C)c(C)c2n1. The second-order valence-corrected chi connectivity index (χ2v) is 8.09. The Kier molecular flexibility index (Phi) is 4.67. The molecule has 4 heterocycles. The number of hydrogen-bond donors (Lipinski definition) is 0. The van der Waals surface area contributed by atoms with Crippen LogP contribution in [0.4, 0.5) is 5.82 Å². The maximum absolute atomic E-state index is 4.80. The second kappa shape index (κ2) is 6.96. The molecule has 0 spiro atoms. The van der Waals surface area contributed by atoms with Gasteiger partial charge in [-0.05, 0) is 27.2 Å². The first-order valence-corrected chi connectivity index (χ1v) is 10.2. The monoisotopic (exact) mass is 370 g/mol. The summed E-state index contributed by atoms with van der Waals surface area (Å²) in [4.78, 5) is 14.3. The molecule has 0 bridgehead atoms. The lowest BCUT2D eigenvalue weighted by Gasteiger charge is -2.35. The zero-order chi connectivity index (χ0) is 18.3. The van der Waals surface area contributed by atoms with E-state index in [9.17, 15) is 0 Å². The maximum Gasteiger partial charge on any atom is 0.160 e. The molecule has 4 rings (SSSR count). The molecule has 3 aromatic heterocycles. The molecular formula is C19H26N6S. The third-order valence-electron chi connectivity index (χ3n) is 5.20. The van der Waals surface area contributed by atoms with E-state index in [1.807, 2.05) is 4.52 Å². The lowest BCUT2D eigenvalue weighted by molar-refractivity contribution is 0.246. The van der Waals surface area contributed by atoms with Crippen molar-refractivity contribution in [1.82, 2.24) is 24.5 Å². The topological polar surface area (TPSA) is 49.6 Å². The zero-order valence-electron chi connectivity index (χ0n) is 16.0. The molecule has 0 aliphatic carbocycles. The molecule has 0 saturated carbocycles. The van der Waals surface area contributed by atoms with Crippen molar-refractivity contribution < 1.29 is 0 Å². The average molecular weight is 371 g/mol. The predicted octanol–water partition coefficient (Wildman–Crippen LogP) is 3.00. The Bertz CT molecular complexity index is 920. The largest absolute Gasteiger partial charge is 0.354 e. The van der Waals surface area contributed by atoms with Crippen LogP contribution < -0.4 is 4.90 Å². The molecule has 1 aliphatic heterocycles. The van der Waals surface area contributed by atoms with Crippen LogP contribution in [0.15, 0.2) is 11.4 Å². The summed E-state index contributed by atoms with van der Waals surface area (Å²) in [7, 11) is 0. The summed E-state index contributed by atoms with van der Waals surface area (Å²) in [6.07, 6.45) is 0.941. The molecule has 26 heavy (non-hydrogen) atoms. The molecule has 0 amide bonds. The highest BCUT2D eigenvalue weighted by molar-refractivity contribution is 7.09. The van der Waals surface area contributed by atoms with Gasteiger partial charge in [-0.1, -0.05) is 6.92 Å². The Labute approximate surface area is 158 Å². The number of thiazole rings is 1. The fourth-order valence-electron chi connectivity index (χ4n) is 3.51. The van der Waals surface area contributed by atoms with Crippen LogP contribution in [0.2, 0.25) is 0 Å². The van der Waals surface area contributed by atoms with Crippen molar-refractivity contribution in [3.05, 3.63) is 39.1 Å². The van der Waals surface area contributed by atoms with Crippen LogP contribution in [0.25, 0.3) is 5.65 Å². The van der Waals surface area contributed by atoms with Gasteiger partial charge in [-0.15, -0.1) is 11.3 Å². The molecule has 3 aromatic rings. The van der Waals surface area contributed by atoms with Crippen LogP contribution in [0.1, 0.15) is 34.6 Å². The van der Waals surface area contributed by atoms with Gasteiger partial charge < -0.3 is 4.90 Å². The summed E-state index contributed by atoms with van der Waals surface area (Å²) >= 11 is 1.73. The third-order valence-corrected chi connectivity index (χ3v) is 6.02. The van der Waals surface area contributed by atoms with E-state index >= 15 is 0 Å². The normalized spacial score (nSPS) is 15.9. The number of rotatable bonds is 4. The third kappa shape index (κ3) is 3.21. The Morgan fingerprint density at radius 3 is 2.46 bits per heavy atom. The number of anilines is 1. The van der Waals surface area contributed by atoms with E-state index in [4.69, 9.17) is 10.1 Å². The van der Waals surface area contributed by atoms with Gasteiger partial charge in [0.1, 0.15) is 5.82 Å². The van der Waals surface area contributed by atoms with Crippen LogP contribution in [0.3, 0.4) is 0 Å². The molecule has 1 aliphatic rings. The summed E-state index contributed by atoms with van der Waals surface area (Å²) in [5.74, 6) is 1.17. The fraction of sp³-hybridized carbons (Fsp3) is 0.526. The molecule has 0 aromatic carbocycles. The molecule has 7 heteroatoms. The quantitative estimate of drug-likeness (QED) is 0.707. The Hall–Kier alpha value is -1.99. The predicted molar refractivity (Wildman–Crippen MR) is 106 cm³/mol. The minimum absolute atomic E-state index is 0.941. The van der Waals surface area contributed by atoms with Crippen molar-refractivity contribution in [2.75, 3.05) is 31.1 Å². The summed E-state index contributed by atoms with van der Waals surface area (Å²) in [5, 5.41) is 8.07. The Morgan fingerprint density at radius 2 is 1.81 bits per heavy atom. The van der Waals surface area contributed by atoms with Crippen molar-refractivity contribution in [1.29, 1.82) is 0 Å². The minimum atomic E-state index is 0.941. The maximum atomic E-state index is 4.80. The highest BCUT2D eigenvalue weighted by Gasteiger charge is 2.22. The molecule has 0 unspecified atom stereocenters. The Morgan fingerprint density at radius 1 is 1.04 bits per heavy atom. The van der Waals surface area contributed by atoms with Gasteiger partial charge in [-0.3, -0.25) is 4.90 Å². The molecule has 0 radical (unpaired) electrons. The first kappa shape index (κ1) is 17.4. The van der Waals surface area contributed by atoms with Crippen LogP contribution in [-0.2, 0) is 13.0 Å². The number of aryl methyl sites for hydroxylation is 4. The lowest BCUT2D eigenvalue weighted by atomic mass is 10.2. The fourth-order valence-corrected chi connectivity index (χ4v) is 4.12. The molecule has 0 N–H and O–H groups in total. The molecular weight excluding hydrogens is 344 g/mol. The number of aromatic nitrogens is 4. The van der Waals surface area contributed by atoms with E-state index in [1.54, 1.807) is 11.3 Å². The van der Waals surface area contributed by atoms with E-state index < -0.39 is 0 Å². The number of nitrogens with zero attached hydrogens (tertiary/aromatic N) is 6. The number of piperazine rings is 1.